The van der Waals surface area contributed by atoms with Crippen LogP contribution in [0.2, 0.25) is 0 Å². The Morgan fingerprint density at radius 2 is 1.81 bits per heavy atom. The van der Waals surface area contributed by atoms with Gasteiger partial charge in [0.2, 0.25) is 0 Å². The molecule has 3 aromatic rings. The molecule has 1 atom stereocenters. The Balaban J connectivity index is 1.69. The Kier molecular flexibility index (Phi) is 4.66. The molecular formula is C18H19N5O3. The first-order chi connectivity index (χ1) is 12.3. The van der Waals surface area contributed by atoms with Crippen LogP contribution in [0, 0.1) is 20.8 Å². The molecule has 3 rings (SSSR count). The molecule has 0 spiro atoms. The number of carbonyl (C=O) groups excluding carboxylic acids is 2. The summed E-state index contributed by atoms with van der Waals surface area (Å²) in [6, 6.07) is 9.15. The molecule has 8 heteroatoms. The fourth-order valence-electron chi connectivity index (χ4n) is 2.40. The van der Waals surface area contributed by atoms with Gasteiger partial charge >= 0.3 is 5.97 Å². The maximum Gasteiger partial charge on any atom is 0.379 e. The smallest absolute Gasteiger partial charge is 0.379 e. The summed E-state index contributed by atoms with van der Waals surface area (Å²) in [6.45, 7) is 7.11. The van der Waals surface area contributed by atoms with E-state index < -0.39 is 18.0 Å². The van der Waals surface area contributed by atoms with Crippen molar-refractivity contribution in [3.63, 3.8) is 0 Å². The van der Waals surface area contributed by atoms with Crippen molar-refractivity contribution in [3.05, 3.63) is 53.1 Å². The largest absolute Gasteiger partial charge is 0.447 e. The summed E-state index contributed by atoms with van der Waals surface area (Å²) in [5.74, 6) is -1.04. The number of carbonyl (C=O) groups is 2. The Morgan fingerprint density at radius 1 is 1.12 bits per heavy atom. The number of esters is 1. The van der Waals surface area contributed by atoms with Crippen LogP contribution in [0.3, 0.4) is 0 Å². The highest BCUT2D eigenvalue weighted by Crippen LogP contribution is 2.11. The van der Waals surface area contributed by atoms with E-state index in [1.54, 1.807) is 12.1 Å². The van der Waals surface area contributed by atoms with E-state index in [1.165, 1.54) is 11.4 Å². The van der Waals surface area contributed by atoms with Gasteiger partial charge in [-0.3, -0.25) is 4.79 Å². The lowest BCUT2D eigenvalue weighted by atomic mass is 10.2. The highest BCUT2D eigenvalue weighted by Gasteiger charge is 2.23. The summed E-state index contributed by atoms with van der Waals surface area (Å²) in [7, 11) is 0. The van der Waals surface area contributed by atoms with Crippen molar-refractivity contribution >= 4 is 23.3 Å². The zero-order valence-electron chi connectivity index (χ0n) is 15.0. The van der Waals surface area contributed by atoms with Gasteiger partial charge in [0.25, 0.3) is 17.5 Å². The summed E-state index contributed by atoms with van der Waals surface area (Å²) in [5, 5.41) is 6.79. The number of ether oxygens (including phenoxy) is 1. The molecule has 0 unspecified atom stereocenters. The van der Waals surface area contributed by atoms with Crippen LogP contribution < -0.4 is 5.32 Å². The van der Waals surface area contributed by atoms with Crippen molar-refractivity contribution in [1.82, 2.24) is 19.6 Å². The zero-order valence-corrected chi connectivity index (χ0v) is 15.0. The number of aromatic nitrogens is 4. The molecule has 0 saturated carbocycles. The van der Waals surface area contributed by atoms with Crippen molar-refractivity contribution < 1.29 is 14.3 Å². The second kappa shape index (κ2) is 6.91. The fourth-order valence-corrected chi connectivity index (χ4v) is 2.40. The third-order valence-corrected chi connectivity index (χ3v) is 3.77. The molecule has 134 valence electrons. The predicted molar refractivity (Wildman–Crippen MR) is 94.9 cm³/mol. The predicted octanol–water partition coefficient (Wildman–Crippen LogP) is 2.23. The molecule has 2 aromatic heterocycles. The van der Waals surface area contributed by atoms with E-state index in [1.807, 2.05) is 39.0 Å². The molecule has 0 aliphatic rings. The highest BCUT2D eigenvalue weighted by atomic mass is 16.5. The van der Waals surface area contributed by atoms with Gasteiger partial charge in [-0.25, -0.2) is 14.3 Å². The van der Waals surface area contributed by atoms with Gasteiger partial charge in [0.15, 0.2) is 6.10 Å². The number of benzene rings is 1. The van der Waals surface area contributed by atoms with E-state index >= 15 is 0 Å². The minimum atomic E-state index is -0.994. The Morgan fingerprint density at radius 3 is 2.50 bits per heavy atom. The first-order valence-corrected chi connectivity index (χ1v) is 8.13. The average Bonchev–Trinajstić information content (AvgIpc) is 3.01. The topological polar surface area (TPSA) is 98.5 Å². The molecule has 1 aromatic carbocycles. The van der Waals surface area contributed by atoms with E-state index in [2.05, 4.69) is 20.4 Å². The number of nitrogens with zero attached hydrogens (tertiary/aromatic N) is 4. The van der Waals surface area contributed by atoms with Crippen LogP contribution in [0.1, 0.15) is 34.5 Å². The molecule has 0 fully saturated rings. The lowest BCUT2D eigenvalue weighted by molar-refractivity contribution is -0.123. The number of aryl methyl sites for hydroxylation is 3. The van der Waals surface area contributed by atoms with E-state index in [0.29, 0.717) is 11.5 Å². The van der Waals surface area contributed by atoms with Crippen LogP contribution in [0.4, 0.5) is 5.69 Å². The number of fused-ring (bicyclic) bond motifs is 1. The monoisotopic (exact) mass is 353 g/mol. The number of amides is 1. The third kappa shape index (κ3) is 3.69. The van der Waals surface area contributed by atoms with Gasteiger partial charge in [-0.15, -0.1) is 5.10 Å². The average molecular weight is 353 g/mol. The van der Waals surface area contributed by atoms with Gasteiger partial charge in [-0.05, 0) is 45.9 Å². The van der Waals surface area contributed by atoms with Crippen LogP contribution in [0.5, 0.6) is 0 Å². The summed E-state index contributed by atoms with van der Waals surface area (Å²) < 4.78 is 6.64. The van der Waals surface area contributed by atoms with E-state index in [4.69, 9.17) is 4.74 Å². The molecule has 0 radical (unpaired) electrons. The Labute approximate surface area is 150 Å². The third-order valence-electron chi connectivity index (χ3n) is 3.77. The van der Waals surface area contributed by atoms with Gasteiger partial charge in [0.1, 0.15) is 0 Å². The molecule has 0 bridgehead atoms. The minimum absolute atomic E-state index is 0.138. The lowest BCUT2D eigenvalue weighted by Gasteiger charge is -2.12. The Bertz CT molecular complexity index is 978. The highest BCUT2D eigenvalue weighted by molar-refractivity contribution is 5.96. The second-order valence-electron chi connectivity index (χ2n) is 6.09. The summed E-state index contributed by atoms with van der Waals surface area (Å²) >= 11 is 0. The molecule has 0 saturated heterocycles. The van der Waals surface area contributed by atoms with Gasteiger partial charge in [0.05, 0.1) is 0 Å². The van der Waals surface area contributed by atoms with Crippen LogP contribution in [0.25, 0.3) is 5.78 Å². The molecular weight excluding hydrogens is 334 g/mol. The SMILES string of the molecule is Cc1ccc(NC(=O)[C@H](C)OC(=O)c2nc3nc(C)cc(C)n3n2)cc1. The number of hydrogen-bond acceptors (Lipinski definition) is 6. The van der Waals surface area contributed by atoms with Gasteiger partial charge < -0.3 is 10.1 Å². The molecule has 1 N–H and O–H groups in total. The van der Waals surface area contributed by atoms with Crippen LogP contribution in [-0.2, 0) is 9.53 Å². The summed E-state index contributed by atoms with van der Waals surface area (Å²) in [4.78, 5) is 32.7. The van der Waals surface area contributed by atoms with E-state index in [9.17, 15) is 9.59 Å². The molecule has 8 nitrogen and oxygen atoms in total. The number of rotatable bonds is 4. The van der Waals surface area contributed by atoms with Crippen molar-refractivity contribution in [2.75, 3.05) is 5.32 Å². The van der Waals surface area contributed by atoms with Gasteiger partial charge in [0, 0.05) is 17.1 Å². The molecule has 26 heavy (non-hydrogen) atoms. The van der Waals surface area contributed by atoms with Gasteiger partial charge in [-0.2, -0.15) is 4.98 Å². The number of nitrogens with one attached hydrogen (secondary N) is 1. The first kappa shape index (κ1) is 17.5. The van der Waals surface area contributed by atoms with Gasteiger partial charge in [-0.1, -0.05) is 17.7 Å². The molecule has 0 aliphatic heterocycles. The first-order valence-electron chi connectivity index (χ1n) is 8.13. The van der Waals surface area contributed by atoms with Crippen LogP contribution in [0.15, 0.2) is 30.3 Å². The maximum atomic E-state index is 12.3. The van der Waals surface area contributed by atoms with E-state index in [0.717, 1.165) is 17.0 Å². The molecule has 2 heterocycles. The second-order valence-corrected chi connectivity index (χ2v) is 6.09. The van der Waals surface area contributed by atoms with E-state index in [-0.39, 0.29) is 5.82 Å². The fraction of sp³-hybridized carbons (Fsp3) is 0.278. The zero-order chi connectivity index (χ0) is 18.8. The normalized spacial score (nSPS) is 12.0. The lowest BCUT2D eigenvalue weighted by Crippen LogP contribution is -2.30. The van der Waals surface area contributed by atoms with Crippen molar-refractivity contribution in [2.24, 2.45) is 0 Å². The molecule has 0 aliphatic carbocycles. The van der Waals surface area contributed by atoms with Crippen LogP contribution >= 0.6 is 0 Å². The standard InChI is InChI=1S/C18H19N5O3/c1-10-5-7-14(8-6-10)20-16(24)13(4)26-17(25)15-21-18-19-11(2)9-12(3)23(18)22-15/h5-9,13H,1-4H3,(H,20,24)/t13-/m0/s1. The van der Waals surface area contributed by atoms with Crippen molar-refractivity contribution in [2.45, 2.75) is 33.8 Å². The van der Waals surface area contributed by atoms with Crippen molar-refractivity contribution in [3.8, 4) is 0 Å². The Hall–Kier alpha value is -3.29. The number of anilines is 1. The molecule has 1 amide bonds. The number of hydrogen-bond donors (Lipinski definition) is 1. The summed E-state index contributed by atoms with van der Waals surface area (Å²) in [5.41, 5.74) is 3.28. The van der Waals surface area contributed by atoms with Crippen molar-refractivity contribution in [1.29, 1.82) is 0 Å². The quantitative estimate of drug-likeness (QED) is 0.722. The maximum absolute atomic E-state index is 12.3. The minimum Gasteiger partial charge on any atom is -0.447 e. The van der Waals surface area contributed by atoms with Crippen LogP contribution in [-0.4, -0.2) is 37.6 Å². The summed E-state index contributed by atoms with van der Waals surface area (Å²) in [6.07, 6.45) is -0.994.